The number of nitrogens with zero attached hydrogens (tertiary/aromatic N) is 1. The van der Waals surface area contributed by atoms with Crippen LogP contribution in [0.25, 0.3) is 0 Å². The van der Waals surface area contributed by atoms with Crippen LogP contribution in [-0.4, -0.2) is 42.5 Å². The lowest BCUT2D eigenvalue weighted by molar-refractivity contribution is -0.173. The average Bonchev–Trinajstić information content (AvgIpc) is 2.56. The summed E-state index contributed by atoms with van der Waals surface area (Å²) in [6.07, 6.45) is -4.38. The Kier molecular flexibility index (Phi) is 5.58. The molecule has 25 heavy (non-hydrogen) atoms. The molecule has 1 N–H and O–H groups in total. The van der Waals surface area contributed by atoms with E-state index in [1.54, 1.807) is 5.32 Å². The number of carbonyl (C=O) groups is 2. The molecule has 0 bridgehead atoms. The van der Waals surface area contributed by atoms with Crippen molar-refractivity contribution in [2.45, 2.75) is 19.0 Å². The SMILES string of the molecule is O=C(c1ccc(F)c(F)c1F)N1CCC(CNC(=O)C(F)(F)F)CC1. The second-order valence-electron chi connectivity index (χ2n) is 5.67. The van der Waals surface area contributed by atoms with Gasteiger partial charge in [0, 0.05) is 19.6 Å². The Morgan fingerprint density at radius 1 is 1.08 bits per heavy atom. The fourth-order valence-corrected chi connectivity index (χ4v) is 2.54. The van der Waals surface area contributed by atoms with Gasteiger partial charge in [-0.15, -0.1) is 0 Å². The van der Waals surface area contributed by atoms with Crippen molar-refractivity contribution in [1.82, 2.24) is 10.2 Å². The first-order valence-electron chi connectivity index (χ1n) is 7.39. The van der Waals surface area contributed by atoms with E-state index in [-0.39, 0.29) is 38.4 Å². The van der Waals surface area contributed by atoms with Gasteiger partial charge in [0.2, 0.25) is 0 Å². The highest BCUT2D eigenvalue weighted by Gasteiger charge is 2.38. The fraction of sp³-hybridized carbons (Fsp3) is 0.467. The average molecular weight is 368 g/mol. The third-order valence-electron chi connectivity index (χ3n) is 3.98. The molecule has 0 spiro atoms. The highest BCUT2D eigenvalue weighted by Crippen LogP contribution is 2.22. The van der Waals surface area contributed by atoms with Crippen LogP contribution in [0, 0.1) is 23.4 Å². The Morgan fingerprint density at radius 2 is 1.68 bits per heavy atom. The van der Waals surface area contributed by atoms with Crippen LogP contribution in [0.2, 0.25) is 0 Å². The zero-order valence-corrected chi connectivity index (χ0v) is 12.8. The Labute approximate surface area is 138 Å². The van der Waals surface area contributed by atoms with Crippen molar-refractivity contribution in [3.8, 4) is 0 Å². The summed E-state index contributed by atoms with van der Waals surface area (Å²) in [7, 11) is 0. The van der Waals surface area contributed by atoms with Crippen LogP contribution in [0.4, 0.5) is 26.3 Å². The van der Waals surface area contributed by atoms with Gasteiger partial charge in [0.1, 0.15) is 0 Å². The van der Waals surface area contributed by atoms with Crippen molar-refractivity contribution in [2.75, 3.05) is 19.6 Å². The minimum absolute atomic E-state index is 0.101. The minimum Gasteiger partial charge on any atom is -0.348 e. The number of benzene rings is 1. The van der Waals surface area contributed by atoms with Gasteiger partial charge in [0.25, 0.3) is 5.91 Å². The predicted molar refractivity (Wildman–Crippen MR) is 74.0 cm³/mol. The summed E-state index contributed by atoms with van der Waals surface area (Å²) in [6.45, 7) is 0.00750. The summed E-state index contributed by atoms with van der Waals surface area (Å²) in [5, 5.41) is 1.77. The molecule has 1 heterocycles. The number of amides is 2. The number of alkyl halides is 3. The monoisotopic (exact) mass is 368 g/mol. The predicted octanol–water partition coefficient (Wildman–Crippen LogP) is 2.63. The van der Waals surface area contributed by atoms with E-state index in [2.05, 4.69) is 0 Å². The third-order valence-corrected chi connectivity index (χ3v) is 3.98. The van der Waals surface area contributed by atoms with E-state index in [1.807, 2.05) is 0 Å². The summed E-state index contributed by atoms with van der Waals surface area (Å²) >= 11 is 0. The first-order valence-corrected chi connectivity index (χ1v) is 7.39. The molecule has 0 aromatic heterocycles. The molecule has 0 saturated carbocycles. The van der Waals surface area contributed by atoms with Gasteiger partial charge in [-0.25, -0.2) is 13.2 Å². The van der Waals surface area contributed by atoms with E-state index >= 15 is 0 Å². The highest BCUT2D eigenvalue weighted by molar-refractivity contribution is 5.94. The van der Waals surface area contributed by atoms with Crippen LogP contribution in [0.3, 0.4) is 0 Å². The van der Waals surface area contributed by atoms with Gasteiger partial charge in [-0.3, -0.25) is 9.59 Å². The number of nitrogens with one attached hydrogen (secondary N) is 1. The van der Waals surface area contributed by atoms with Crippen LogP contribution in [0.15, 0.2) is 12.1 Å². The Morgan fingerprint density at radius 3 is 2.24 bits per heavy atom. The number of halogens is 6. The summed E-state index contributed by atoms with van der Waals surface area (Å²) in [5.41, 5.74) is -0.609. The Hall–Kier alpha value is -2.26. The smallest absolute Gasteiger partial charge is 0.348 e. The van der Waals surface area contributed by atoms with E-state index in [9.17, 15) is 35.9 Å². The topological polar surface area (TPSA) is 49.4 Å². The first kappa shape index (κ1) is 19.1. The Bertz CT molecular complexity index is 669. The van der Waals surface area contributed by atoms with Gasteiger partial charge in [0.05, 0.1) is 5.56 Å². The van der Waals surface area contributed by atoms with Crippen molar-refractivity contribution in [3.05, 3.63) is 35.1 Å². The van der Waals surface area contributed by atoms with Crippen molar-refractivity contribution in [2.24, 2.45) is 5.92 Å². The van der Waals surface area contributed by atoms with E-state index in [1.165, 1.54) is 4.90 Å². The summed E-state index contributed by atoms with van der Waals surface area (Å²) < 4.78 is 76.0. The van der Waals surface area contributed by atoms with Gasteiger partial charge in [-0.2, -0.15) is 13.2 Å². The maximum absolute atomic E-state index is 13.6. The minimum atomic E-state index is -4.96. The second-order valence-corrected chi connectivity index (χ2v) is 5.67. The van der Waals surface area contributed by atoms with Crippen LogP contribution >= 0.6 is 0 Å². The molecule has 1 fully saturated rings. The zero-order valence-electron chi connectivity index (χ0n) is 12.8. The highest BCUT2D eigenvalue weighted by atomic mass is 19.4. The molecule has 1 aliphatic rings. The molecule has 10 heteroatoms. The standard InChI is InChI=1S/C15H14F6N2O2/c16-10-2-1-9(11(17)12(10)18)13(24)23-5-3-8(4-6-23)7-22-14(25)15(19,20)21/h1-2,8H,3-7H2,(H,22,25). The zero-order chi connectivity index (χ0) is 18.8. The fourth-order valence-electron chi connectivity index (χ4n) is 2.54. The molecule has 2 rings (SSSR count). The molecular weight excluding hydrogens is 354 g/mol. The van der Waals surface area contributed by atoms with Crippen molar-refractivity contribution < 1.29 is 35.9 Å². The molecular formula is C15H14F6N2O2. The molecule has 0 atom stereocenters. The van der Waals surface area contributed by atoms with Crippen LogP contribution in [0.1, 0.15) is 23.2 Å². The lowest BCUT2D eigenvalue weighted by Crippen LogP contribution is -2.44. The molecule has 1 aromatic carbocycles. The largest absolute Gasteiger partial charge is 0.471 e. The number of piperidine rings is 1. The summed E-state index contributed by atoms with van der Waals surface area (Å²) in [4.78, 5) is 24.1. The maximum Gasteiger partial charge on any atom is 0.471 e. The molecule has 1 aliphatic heterocycles. The normalized spacial score (nSPS) is 16.0. The molecule has 0 unspecified atom stereocenters. The molecule has 0 radical (unpaired) electrons. The molecule has 2 amide bonds. The number of rotatable bonds is 3. The van der Waals surface area contributed by atoms with Crippen LogP contribution in [-0.2, 0) is 4.79 Å². The van der Waals surface area contributed by atoms with Gasteiger partial charge in [-0.05, 0) is 30.9 Å². The molecule has 1 aromatic rings. The molecule has 138 valence electrons. The summed E-state index contributed by atoms with van der Waals surface area (Å²) in [6, 6.07) is 1.48. The van der Waals surface area contributed by atoms with E-state index in [0.717, 1.165) is 6.07 Å². The van der Waals surface area contributed by atoms with Crippen LogP contribution in [0.5, 0.6) is 0 Å². The third kappa shape index (κ3) is 4.43. The number of likely N-dealkylation sites (tertiary alicyclic amines) is 1. The molecule has 0 aliphatic carbocycles. The number of carbonyl (C=O) groups excluding carboxylic acids is 2. The van der Waals surface area contributed by atoms with Gasteiger partial charge in [-0.1, -0.05) is 0 Å². The van der Waals surface area contributed by atoms with E-state index < -0.39 is 41.0 Å². The van der Waals surface area contributed by atoms with Gasteiger partial charge < -0.3 is 10.2 Å². The lowest BCUT2D eigenvalue weighted by Gasteiger charge is -2.32. The van der Waals surface area contributed by atoms with E-state index in [0.29, 0.717) is 6.07 Å². The van der Waals surface area contributed by atoms with E-state index in [4.69, 9.17) is 0 Å². The van der Waals surface area contributed by atoms with Gasteiger partial charge in [0.15, 0.2) is 17.5 Å². The maximum atomic E-state index is 13.6. The van der Waals surface area contributed by atoms with Crippen molar-refractivity contribution in [1.29, 1.82) is 0 Å². The quantitative estimate of drug-likeness (QED) is 0.659. The summed E-state index contributed by atoms with van der Waals surface area (Å²) in [5.74, 6) is -7.86. The van der Waals surface area contributed by atoms with Crippen molar-refractivity contribution in [3.63, 3.8) is 0 Å². The van der Waals surface area contributed by atoms with Crippen LogP contribution < -0.4 is 5.32 Å². The Balaban J connectivity index is 1.91. The second kappa shape index (κ2) is 7.32. The lowest BCUT2D eigenvalue weighted by atomic mass is 9.96. The molecule has 4 nitrogen and oxygen atoms in total. The van der Waals surface area contributed by atoms with Gasteiger partial charge >= 0.3 is 12.1 Å². The number of hydrogen-bond donors (Lipinski definition) is 1. The van der Waals surface area contributed by atoms with Crippen molar-refractivity contribution >= 4 is 11.8 Å². The number of hydrogen-bond acceptors (Lipinski definition) is 2. The molecule has 1 saturated heterocycles. The first-order chi connectivity index (χ1) is 11.6.